The fourth-order valence-electron chi connectivity index (χ4n) is 1.97. The van der Waals surface area contributed by atoms with Crippen LogP contribution in [0, 0.1) is 6.92 Å². The fourth-order valence-corrected chi connectivity index (χ4v) is 2.37. The first-order valence-electron chi connectivity index (χ1n) is 7.40. The number of thiocarbonyl (C=S) groups is 1. The highest BCUT2D eigenvalue weighted by atomic mass is 35.5. The van der Waals surface area contributed by atoms with Crippen LogP contribution in [0.25, 0.3) is 0 Å². The molecule has 5 heteroatoms. The van der Waals surface area contributed by atoms with E-state index in [0.29, 0.717) is 16.6 Å². The minimum absolute atomic E-state index is 0.0383. The third kappa shape index (κ3) is 6.91. The van der Waals surface area contributed by atoms with Crippen molar-refractivity contribution in [2.45, 2.75) is 52.4 Å². The first kappa shape index (κ1) is 17.9. The second-order valence-corrected chi connectivity index (χ2v) is 5.89. The molecule has 0 aliphatic carbocycles. The van der Waals surface area contributed by atoms with E-state index in [-0.39, 0.29) is 5.91 Å². The number of rotatable bonds is 7. The monoisotopic (exact) mass is 326 g/mol. The summed E-state index contributed by atoms with van der Waals surface area (Å²) in [4.78, 5) is 11.8. The molecule has 116 valence electrons. The molecule has 0 bridgehead atoms. The fraction of sp³-hybridized carbons (Fsp3) is 0.500. The number of hydrogen-bond acceptors (Lipinski definition) is 2. The van der Waals surface area contributed by atoms with E-state index in [0.717, 1.165) is 24.1 Å². The van der Waals surface area contributed by atoms with Gasteiger partial charge in [-0.3, -0.25) is 4.79 Å². The van der Waals surface area contributed by atoms with Crippen molar-refractivity contribution < 1.29 is 4.79 Å². The van der Waals surface area contributed by atoms with Gasteiger partial charge in [0.1, 0.15) is 0 Å². The Labute approximate surface area is 137 Å². The van der Waals surface area contributed by atoms with Crippen LogP contribution < -0.4 is 10.6 Å². The normalized spacial score (nSPS) is 10.2. The number of halogens is 1. The van der Waals surface area contributed by atoms with Crippen LogP contribution in [0.15, 0.2) is 18.2 Å². The van der Waals surface area contributed by atoms with Gasteiger partial charge in [0.25, 0.3) is 0 Å². The van der Waals surface area contributed by atoms with Gasteiger partial charge in [-0.25, -0.2) is 0 Å². The van der Waals surface area contributed by atoms with Gasteiger partial charge in [0.2, 0.25) is 5.91 Å². The lowest BCUT2D eigenvalue weighted by atomic mass is 10.1. The molecule has 1 rings (SSSR count). The van der Waals surface area contributed by atoms with E-state index >= 15 is 0 Å². The van der Waals surface area contributed by atoms with E-state index in [1.807, 2.05) is 25.1 Å². The molecule has 21 heavy (non-hydrogen) atoms. The van der Waals surface area contributed by atoms with Crippen LogP contribution >= 0.6 is 23.8 Å². The predicted octanol–water partition coefficient (Wildman–Crippen LogP) is 4.82. The van der Waals surface area contributed by atoms with Crippen molar-refractivity contribution in [3.63, 3.8) is 0 Å². The molecule has 0 fully saturated rings. The summed E-state index contributed by atoms with van der Waals surface area (Å²) < 4.78 is 0. The van der Waals surface area contributed by atoms with Gasteiger partial charge in [0.05, 0.1) is 0 Å². The van der Waals surface area contributed by atoms with Crippen LogP contribution in [0.4, 0.5) is 5.69 Å². The van der Waals surface area contributed by atoms with Crippen molar-refractivity contribution in [1.29, 1.82) is 0 Å². The highest BCUT2D eigenvalue weighted by molar-refractivity contribution is 7.80. The van der Waals surface area contributed by atoms with Crippen molar-refractivity contribution >= 4 is 40.5 Å². The molecule has 1 aromatic rings. The Bertz CT molecular complexity index is 491. The summed E-state index contributed by atoms with van der Waals surface area (Å²) in [5.74, 6) is -0.0383. The lowest BCUT2D eigenvalue weighted by Gasteiger charge is -2.12. The van der Waals surface area contributed by atoms with Crippen molar-refractivity contribution in [1.82, 2.24) is 5.32 Å². The summed E-state index contributed by atoms with van der Waals surface area (Å²) in [6.45, 7) is 4.08. The minimum Gasteiger partial charge on any atom is -0.332 e. The van der Waals surface area contributed by atoms with Crippen LogP contribution in [0.2, 0.25) is 5.02 Å². The molecule has 0 heterocycles. The van der Waals surface area contributed by atoms with Gasteiger partial charge < -0.3 is 10.6 Å². The largest absolute Gasteiger partial charge is 0.332 e. The predicted molar refractivity (Wildman–Crippen MR) is 93.9 cm³/mol. The van der Waals surface area contributed by atoms with Crippen molar-refractivity contribution in [2.24, 2.45) is 0 Å². The second-order valence-electron chi connectivity index (χ2n) is 5.08. The van der Waals surface area contributed by atoms with Crippen molar-refractivity contribution in [3.8, 4) is 0 Å². The minimum atomic E-state index is -0.0383. The Morgan fingerprint density at radius 2 is 1.95 bits per heavy atom. The average molecular weight is 327 g/mol. The number of carbonyl (C=O) groups is 1. The molecule has 0 aromatic heterocycles. The van der Waals surface area contributed by atoms with Gasteiger partial charge in [0, 0.05) is 17.1 Å². The number of benzene rings is 1. The van der Waals surface area contributed by atoms with Crippen LogP contribution in [0.5, 0.6) is 0 Å². The molecule has 0 aliphatic rings. The van der Waals surface area contributed by atoms with Crippen LogP contribution in [-0.2, 0) is 4.79 Å². The molecular weight excluding hydrogens is 304 g/mol. The summed E-state index contributed by atoms with van der Waals surface area (Å²) in [5.41, 5.74) is 1.73. The van der Waals surface area contributed by atoms with Gasteiger partial charge in [0.15, 0.2) is 5.11 Å². The SMILES string of the molecule is CCCCCCCC(=O)NC(=S)Nc1cccc(Cl)c1C. The zero-order valence-corrected chi connectivity index (χ0v) is 14.2. The Balaban J connectivity index is 2.33. The maximum atomic E-state index is 11.8. The topological polar surface area (TPSA) is 41.1 Å². The van der Waals surface area contributed by atoms with Crippen molar-refractivity contribution in [2.75, 3.05) is 5.32 Å². The van der Waals surface area contributed by atoms with E-state index < -0.39 is 0 Å². The number of nitrogens with one attached hydrogen (secondary N) is 2. The molecule has 0 unspecified atom stereocenters. The van der Waals surface area contributed by atoms with Gasteiger partial charge in [-0.2, -0.15) is 0 Å². The molecule has 0 spiro atoms. The highest BCUT2D eigenvalue weighted by Crippen LogP contribution is 2.22. The molecule has 0 aliphatic heterocycles. The Hall–Kier alpha value is -1.13. The number of amides is 1. The maximum Gasteiger partial charge on any atom is 0.226 e. The molecule has 0 atom stereocenters. The lowest BCUT2D eigenvalue weighted by molar-refractivity contribution is -0.119. The molecule has 1 aromatic carbocycles. The number of unbranched alkanes of at least 4 members (excludes halogenated alkanes) is 4. The van der Waals surface area contributed by atoms with E-state index in [4.69, 9.17) is 23.8 Å². The van der Waals surface area contributed by atoms with Crippen LogP contribution in [0.3, 0.4) is 0 Å². The number of carbonyl (C=O) groups excluding carboxylic acids is 1. The number of hydrogen-bond donors (Lipinski definition) is 2. The quantitative estimate of drug-likeness (QED) is 0.557. The smallest absolute Gasteiger partial charge is 0.226 e. The maximum absolute atomic E-state index is 11.8. The van der Waals surface area contributed by atoms with E-state index in [1.165, 1.54) is 19.3 Å². The van der Waals surface area contributed by atoms with Gasteiger partial charge >= 0.3 is 0 Å². The summed E-state index contributed by atoms with van der Waals surface area (Å²) in [6.07, 6.45) is 6.14. The average Bonchev–Trinajstić information content (AvgIpc) is 2.43. The van der Waals surface area contributed by atoms with E-state index in [9.17, 15) is 4.79 Å². The second kappa shape index (κ2) is 9.74. The summed E-state index contributed by atoms with van der Waals surface area (Å²) in [6, 6.07) is 5.54. The van der Waals surface area contributed by atoms with Crippen LogP contribution in [0.1, 0.15) is 51.0 Å². The van der Waals surface area contributed by atoms with E-state index in [2.05, 4.69) is 17.6 Å². The first-order valence-corrected chi connectivity index (χ1v) is 8.19. The number of anilines is 1. The van der Waals surface area contributed by atoms with Gasteiger partial charge in [-0.15, -0.1) is 0 Å². The molecule has 0 saturated heterocycles. The third-order valence-electron chi connectivity index (χ3n) is 3.28. The van der Waals surface area contributed by atoms with Gasteiger partial charge in [-0.1, -0.05) is 50.3 Å². The summed E-state index contributed by atoms with van der Waals surface area (Å²) in [7, 11) is 0. The molecular formula is C16H23ClN2OS. The molecule has 3 nitrogen and oxygen atoms in total. The molecule has 2 N–H and O–H groups in total. The Morgan fingerprint density at radius 1 is 1.24 bits per heavy atom. The molecule has 1 amide bonds. The van der Waals surface area contributed by atoms with Gasteiger partial charge in [-0.05, 0) is 43.3 Å². The summed E-state index contributed by atoms with van der Waals surface area (Å²) >= 11 is 11.2. The Morgan fingerprint density at radius 3 is 2.67 bits per heavy atom. The zero-order chi connectivity index (χ0) is 15.7. The lowest BCUT2D eigenvalue weighted by Crippen LogP contribution is -2.34. The highest BCUT2D eigenvalue weighted by Gasteiger charge is 2.07. The van der Waals surface area contributed by atoms with Crippen molar-refractivity contribution in [3.05, 3.63) is 28.8 Å². The zero-order valence-electron chi connectivity index (χ0n) is 12.7. The van der Waals surface area contributed by atoms with Crippen LogP contribution in [-0.4, -0.2) is 11.0 Å². The standard InChI is InChI=1S/C16H23ClN2OS/c1-3-4-5-6-7-11-15(20)19-16(21)18-14-10-8-9-13(17)12(14)2/h8-10H,3-7,11H2,1-2H3,(H2,18,19,20,21). The Kier molecular flexibility index (Phi) is 8.31. The first-order chi connectivity index (χ1) is 10.0. The summed E-state index contributed by atoms with van der Waals surface area (Å²) in [5, 5.41) is 6.70. The third-order valence-corrected chi connectivity index (χ3v) is 3.89. The molecule has 0 radical (unpaired) electrons. The molecule has 0 saturated carbocycles. The van der Waals surface area contributed by atoms with E-state index in [1.54, 1.807) is 0 Å².